The molecule has 0 aliphatic carbocycles. The van der Waals surface area contributed by atoms with Crippen molar-refractivity contribution in [3.05, 3.63) is 59.8 Å². The third-order valence-corrected chi connectivity index (χ3v) is 6.36. The predicted octanol–water partition coefficient (Wildman–Crippen LogP) is 4.35. The Morgan fingerprint density at radius 1 is 0.953 bits per heavy atom. The Balaban J connectivity index is 0.000000303. The van der Waals surface area contributed by atoms with Crippen molar-refractivity contribution in [2.24, 2.45) is 0 Å². The number of hydrogen-bond donors (Lipinski definition) is 2. The zero-order chi connectivity index (χ0) is 31.8. The molecule has 2 N–H and O–H groups in total. The number of nitrogens with zero attached hydrogens (tertiary/aromatic N) is 5. The number of fused-ring (bicyclic) bond motifs is 1. The van der Waals surface area contributed by atoms with Gasteiger partial charge in [-0.3, -0.25) is 4.90 Å². The van der Waals surface area contributed by atoms with Crippen LogP contribution < -0.4 is 4.90 Å². The van der Waals surface area contributed by atoms with Crippen molar-refractivity contribution in [3.63, 3.8) is 0 Å². The van der Waals surface area contributed by atoms with Crippen LogP contribution in [0.15, 0.2) is 42.6 Å². The fourth-order valence-electron chi connectivity index (χ4n) is 4.37. The van der Waals surface area contributed by atoms with Gasteiger partial charge in [-0.15, -0.1) is 0 Å². The van der Waals surface area contributed by atoms with Gasteiger partial charge in [0.2, 0.25) is 0 Å². The standard InChI is InChI=1S/C22H26FN5O.2C2HF3O2/c23-19-5-1-3-17(13-19)14-26-8-2-4-18(15-26)22-24-21-7-6-20(16-28(21)25-22)27-9-11-29-12-10-27;2*3-2(4,5)1(6)7/h1,3,5-7,13,16,18H,2,4,8-12,14-15H2;2*(H,6,7). The molecular weight excluding hydrogens is 595 g/mol. The predicted molar refractivity (Wildman–Crippen MR) is 137 cm³/mol. The molecule has 0 radical (unpaired) electrons. The number of benzene rings is 1. The number of piperidine rings is 1. The van der Waals surface area contributed by atoms with Crippen molar-refractivity contribution in [2.75, 3.05) is 44.3 Å². The first-order valence-electron chi connectivity index (χ1n) is 12.9. The van der Waals surface area contributed by atoms with E-state index in [0.29, 0.717) is 5.92 Å². The number of rotatable bonds is 4. The van der Waals surface area contributed by atoms with Crippen LogP contribution in [0.1, 0.15) is 30.1 Å². The number of aromatic nitrogens is 3. The minimum Gasteiger partial charge on any atom is -0.475 e. The van der Waals surface area contributed by atoms with Crippen molar-refractivity contribution in [3.8, 4) is 0 Å². The largest absolute Gasteiger partial charge is 0.490 e. The van der Waals surface area contributed by atoms with E-state index in [1.165, 1.54) is 6.07 Å². The number of carbonyl (C=O) groups is 2. The summed E-state index contributed by atoms with van der Waals surface area (Å²) in [5.74, 6) is -4.47. The minimum absolute atomic E-state index is 0.172. The van der Waals surface area contributed by atoms with E-state index in [-0.39, 0.29) is 5.82 Å². The Kier molecular flexibility index (Phi) is 11.3. The molecule has 2 fully saturated rings. The molecule has 43 heavy (non-hydrogen) atoms. The number of ether oxygens (including phenoxy) is 1. The zero-order valence-electron chi connectivity index (χ0n) is 22.5. The summed E-state index contributed by atoms with van der Waals surface area (Å²) in [6.45, 7) is 6.05. The van der Waals surface area contributed by atoms with E-state index in [2.05, 4.69) is 28.1 Å². The maximum absolute atomic E-state index is 13.5. The van der Waals surface area contributed by atoms with E-state index in [1.54, 1.807) is 12.1 Å². The van der Waals surface area contributed by atoms with Crippen LogP contribution >= 0.6 is 0 Å². The number of carboxylic acid groups (broad SMARTS) is 2. The third-order valence-electron chi connectivity index (χ3n) is 6.36. The number of halogens is 7. The highest BCUT2D eigenvalue weighted by molar-refractivity contribution is 5.73. The number of likely N-dealkylation sites (tertiary alicyclic amines) is 1. The maximum atomic E-state index is 13.5. The van der Waals surface area contributed by atoms with E-state index in [0.717, 1.165) is 81.5 Å². The smallest absolute Gasteiger partial charge is 0.475 e. The number of aliphatic carboxylic acids is 2. The molecule has 0 amide bonds. The van der Waals surface area contributed by atoms with Gasteiger partial charge < -0.3 is 19.8 Å². The zero-order valence-corrected chi connectivity index (χ0v) is 22.5. The van der Waals surface area contributed by atoms with Gasteiger partial charge in [0, 0.05) is 32.1 Å². The molecule has 2 saturated heterocycles. The fourth-order valence-corrected chi connectivity index (χ4v) is 4.37. The van der Waals surface area contributed by atoms with E-state index >= 15 is 0 Å². The molecule has 1 atom stereocenters. The van der Waals surface area contributed by atoms with Crippen LogP contribution in [0, 0.1) is 5.82 Å². The van der Waals surface area contributed by atoms with Crippen LogP contribution in [0.2, 0.25) is 0 Å². The van der Waals surface area contributed by atoms with Gasteiger partial charge in [0.15, 0.2) is 11.5 Å². The summed E-state index contributed by atoms with van der Waals surface area (Å²) < 4.78 is 84.3. The van der Waals surface area contributed by atoms with Gasteiger partial charge in [0.05, 0.1) is 25.1 Å². The highest BCUT2D eigenvalue weighted by atomic mass is 19.4. The average Bonchev–Trinajstić information content (AvgIpc) is 3.37. The Bertz CT molecular complexity index is 1350. The highest BCUT2D eigenvalue weighted by Gasteiger charge is 2.39. The van der Waals surface area contributed by atoms with Gasteiger partial charge in [0.1, 0.15) is 5.82 Å². The monoisotopic (exact) mass is 623 g/mol. The highest BCUT2D eigenvalue weighted by Crippen LogP contribution is 2.27. The Morgan fingerprint density at radius 3 is 2.16 bits per heavy atom. The molecule has 236 valence electrons. The second-order valence-electron chi connectivity index (χ2n) is 9.57. The Hall–Kier alpha value is -3.99. The lowest BCUT2D eigenvalue weighted by Gasteiger charge is -2.31. The van der Waals surface area contributed by atoms with Crippen LogP contribution in [0.5, 0.6) is 0 Å². The van der Waals surface area contributed by atoms with Crippen LogP contribution in [0.25, 0.3) is 5.65 Å². The number of morpholine rings is 1. The third kappa shape index (κ3) is 10.3. The van der Waals surface area contributed by atoms with Crippen molar-refractivity contribution in [1.82, 2.24) is 19.5 Å². The molecule has 0 bridgehead atoms. The van der Waals surface area contributed by atoms with E-state index in [4.69, 9.17) is 34.6 Å². The lowest BCUT2D eigenvalue weighted by atomic mass is 9.97. The van der Waals surface area contributed by atoms with Crippen molar-refractivity contribution in [2.45, 2.75) is 37.7 Å². The molecule has 1 aromatic carbocycles. The average molecular weight is 624 g/mol. The minimum atomic E-state index is -5.08. The molecule has 17 heteroatoms. The molecule has 2 aromatic heterocycles. The number of carboxylic acids is 2. The van der Waals surface area contributed by atoms with Gasteiger partial charge in [-0.05, 0) is 49.2 Å². The number of anilines is 1. The summed E-state index contributed by atoms with van der Waals surface area (Å²) in [6.07, 6.45) is -5.90. The Labute approximate surface area is 240 Å². The van der Waals surface area contributed by atoms with Crippen LogP contribution in [-0.2, 0) is 20.9 Å². The molecule has 2 aliphatic rings. The van der Waals surface area contributed by atoms with Gasteiger partial charge in [-0.25, -0.2) is 23.5 Å². The molecule has 0 spiro atoms. The second-order valence-corrected chi connectivity index (χ2v) is 9.57. The molecule has 10 nitrogen and oxygen atoms in total. The van der Waals surface area contributed by atoms with Crippen LogP contribution in [0.3, 0.4) is 0 Å². The summed E-state index contributed by atoms with van der Waals surface area (Å²) in [6, 6.07) is 11.1. The molecular formula is C26H28F7N5O5. The summed E-state index contributed by atoms with van der Waals surface area (Å²) in [7, 11) is 0. The quantitative estimate of drug-likeness (QED) is 0.409. The fraction of sp³-hybridized carbons (Fsp3) is 0.462. The lowest BCUT2D eigenvalue weighted by Crippen LogP contribution is -2.36. The van der Waals surface area contributed by atoms with E-state index in [1.807, 2.05) is 10.6 Å². The number of hydrogen-bond acceptors (Lipinski definition) is 7. The first-order chi connectivity index (χ1) is 20.1. The summed E-state index contributed by atoms with van der Waals surface area (Å²) in [4.78, 5) is 27.3. The van der Waals surface area contributed by atoms with Gasteiger partial charge in [-0.2, -0.15) is 31.4 Å². The van der Waals surface area contributed by atoms with Gasteiger partial charge >= 0.3 is 24.3 Å². The molecule has 3 aromatic rings. The number of alkyl halides is 6. The first kappa shape index (κ1) is 33.5. The van der Waals surface area contributed by atoms with Crippen LogP contribution in [0.4, 0.5) is 36.4 Å². The van der Waals surface area contributed by atoms with Gasteiger partial charge in [0.25, 0.3) is 0 Å². The van der Waals surface area contributed by atoms with Crippen LogP contribution in [-0.4, -0.2) is 93.4 Å². The molecule has 0 saturated carbocycles. The summed E-state index contributed by atoms with van der Waals surface area (Å²) in [5, 5.41) is 19.1. The maximum Gasteiger partial charge on any atom is 0.490 e. The van der Waals surface area contributed by atoms with E-state index < -0.39 is 24.3 Å². The first-order valence-corrected chi connectivity index (χ1v) is 12.9. The Morgan fingerprint density at radius 2 is 1.58 bits per heavy atom. The molecule has 4 heterocycles. The normalized spacial score (nSPS) is 17.8. The lowest BCUT2D eigenvalue weighted by molar-refractivity contribution is -0.193. The molecule has 2 aliphatic heterocycles. The molecule has 1 unspecified atom stereocenters. The van der Waals surface area contributed by atoms with Crippen molar-refractivity contribution >= 4 is 23.3 Å². The number of pyridine rings is 1. The second kappa shape index (κ2) is 14.5. The SMILES string of the molecule is Fc1cccc(CN2CCCC(c3nc4ccc(N5CCOCC5)cn4n3)C2)c1.O=C(O)C(F)(F)F.O=C(O)C(F)(F)F. The van der Waals surface area contributed by atoms with Crippen molar-refractivity contribution < 1.29 is 55.3 Å². The van der Waals surface area contributed by atoms with Gasteiger partial charge in [-0.1, -0.05) is 12.1 Å². The summed E-state index contributed by atoms with van der Waals surface area (Å²) in [5.41, 5.74) is 3.07. The van der Waals surface area contributed by atoms with E-state index in [9.17, 15) is 30.7 Å². The topological polar surface area (TPSA) is 121 Å². The molecule has 5 rings (SSSR count). The van der Waals surface area contributed by atoms with Crippen molar-refractivity contribution in [1.29, 1.82) is 0 Å². The summed E-state index contributed by atoms with van der Waals surface area (Å²) >= 11 is 0.